The van der Waals surface area contributed by atoms with Crippen LogP contribution in [0, 0.1) is 11.7 Å². The number of carbonyl (C=O) groups excluding carboxylic acids is 2. The Hall–Kier alpha value is -2.28. The number of hydrogen-bond acceptors (Lipinski definition) is 4. The van der Waals surface area contributed by atoms with Gasteiger partial charge in [-0.25, -0.2) is 9.37 Å². The van der Waals surface area contributed by atoms with Crippen LogP contribution < -0.4 is 5.32 Å². The van der Waals surface area contributed by atoms with Gasteiger partial charge in [-0.2, -0.15) is 0 Å². The van der Waals surface area contributed by atoms with Crippen molar-refractivity contribution in [3.05, 3.63) is 46.2 Å². The van der Waals surface area contributed by atoms with Crippen LogP contribution >= 0.6 is 11.3 Å². The molecule has 0 spiro atoms. The normalized spacial score (nSPS) is 16.9. The second-order valence-electron chi connectivity index (χ2n) is 6.49. The van der Waals surface area contributed by atoms with Crippen LogP contribution in [0.2, 0.25) is 0 Å². The first-order valence-corrected chi connectivity index (χ1v) is 9.26. The Balaban J connectivity index is 1.45. The summed E-state index contributed by atoms with van der Waals surface area (Å²) in [6, 6.07) is 5.75. The second kappa shape index (κ2) is 6.55. The predicted molar refractivity (Wildman–Crippen MR) is 92.9 cm³/mol. The topological polar surface area (TPSA) is 62.3 Å². The zero-order valence-corrected chi connectivity index (χ0v) is 14.4. The quantitative estimate of drug-likeness (QED) is 0.915. The number of anilines is 1. The Morgan fingerprint density at radius 1 is 1.32 bits per heavy atom. The summed E-state index contributed by atoms with van der Waals surface area (Å²) in [6.45, 7) is 0.990. The van der Waals surface area contributed by atoms with E-state index in [4.69, 9.17) is 0 Å². The third-order valence-electron chi connectivity index (χ3n) is 4.80. The lowest BCUT2D eigenvalue weighted by atomic mass is 9.85. The highest BCUT2D eigenvalue weighted by molar-refractivity contribution is 7.15. The minimum absolute atomic E-state index is 0.0463. The summed E-state index contributed by atoms with van der Waals surface area (Å²) in [5, 5.41) is 3.51. The minimum Gasteiger partial charge on any atom is -0.333 e. The van der Waals surface area contributed by atoms with Crippen LogP contribution in [0.4, 0.5) is 9.52 Å². The molecule has 0 unspecified atom stereocenters. The van der Waals surface area contributed by atoms with Gasteiger partial charge in [0, 0.05) is 29.3 Å². The van der Waals surface area contributed by atoms with E-state index in [-0.39, 0.29) is 17.7 Å². The Morgan fingerprint density at radius 3 is 2.88 bits per heavy atom. The van der Waals surface area contributed by atoms with Gasteiger partial charge in [-0.1, -0.05) is 23.8 Å². The highest BCUT2D eigenvalue weighted by atomic mass is 32.1. The van der Waals surface area contributed by atoms with Crippen molar-refractivity contribution in [3.8, 4) is 0 Å². The largest absolute Gasteiger partial charge is 0.333 e. The molecule has 2 amide bonds. The molecule has 2 aromatic rings. The molecule has 4 rings (SSSR count). The van der Waals surface area contributed by atoms with Crippen LogP contribution in [0.5, 0.6) is 0 Å². The fourth-order valence-electron chi connectivity index (χ4n) is 3.10. The van der Waals surface area contributed by atoms with E-state index in [2.05, 4.69) is 10.3 Å². The first-order chi connectivity index (χ1) is 12.1. The number of aromatic nitrogens is 1. The average molecular weight is 359 g/mol. The van der Waals surface area contributed by atoms with Gasteiger partial charge in [0.25, 0.3) is 5.91 Å². The van der Waals surface area contributed by atoms with E-state index in [1.54, 1.807) is 17.0 Å². The van der Waals surface area contributed by atoms with Crippen molar-refractivity contribution < 1.29 is 14.0 Å². The third-order valence-corrected chi connectivity index (χ3v) is 5.79. The molecule has 2 heterocycles. The molecule has 25 heavy (non-hydrogen) atoms. The van der Waals surface area contributed by atoms with Crippen LogP contribution in [-0.4, -0.2) is 28.2 Å². The fourth-order valence-corrected chi connectivity index (χ4v) is 4.13. The Bertz CT molecular complexity index is 831. The summed E-state index contributed by atoms with van der Waals surface area (Å²) in [5.41, 5.74) is 1.30. The standard InChI is InChI=1S/C18H18FN3O2S/c19-13-6-2-5-12(9-13)17(24)22-8-7-14-15(10-22)25-18(20-14)21-16(23)11-3-1-4-11/h2,5-6,9,11H,1,3-4,7-8,10H2,(H,20,21,23). The van der Waals surface area contributed by atoms with E-state index in [9.17, 15) is 14.0 Å². The molecule has 5 nitrogen and oxygen atoms in total. The lowest BCUT2D eigenvalue weighted by Gasteiger charge is -2.26. The molecule has 0 saturated heterocycles. The van der Waals surface area contributed by atoms with Crippen LogP contribution in [0.3, 0.4) is 0 Å². The fraction of sp³-hybridized carbons (Fsp3) is 0.389. The maximum atomic E-state index is 13.3. The average Bonchev–Trinajstić information content (AvgIpc) is 2.93. The van der Waals surface area contributed by atoms with E-state index in [1.807, 2.05) is 0 Å². The summed E-state index contributed by atoms with van der Waals surface area (Å²) in [4.78, 5) is 31.8. The monoisotopic (exact) mass is 359 g/mol. The van der Waals surface area contributed by atoms with Crippen LogP contribution in [0.25, 0.3) is 0 Å². The number of nitrogens with one attached hydrogen (secondary N) is 1. The molecular weight excluding hydrogens is 341 g/mol. The Labute approximate surface area is 148 Å². The van der Waals surface area contributed by atoms with Crippen molar-refractivity contribution >= 4 is 28.3 Å². The van der Waals surface area contributed by atoms with Crippen LogP contribution in [0.1, 0.15) is 40.2 Å². The molecule has 1 saturated carbocycles. The second-order valence-corrected chi connectivity index (χ2v) is 7.58. The van der Waals surface area contributed by atoms with Crippen molar-refractivity contribution in [1.82, 2.24) is 9.88 Å². The maximum Gasteiger partial charge on any atom is 0.254 e. The highest BCUT2D eigenvalue weighted by Crippen LogP contribution is 2.31. The molecule has 1 N–H and O–H groups in total. The first kappa shape index (κ1) is 16.2. The van der Waals surface area contributed by atoms with Gasteiger partial charge in [-0.15, -0.1) is 0 Å². The van der Waals surface area contributed by atoms with Gasteiger partial charge in [0.15, 0.2) is 5.13 Å². The van der Waals surface area contributed by atoms with Gasteiger partial charge < -0.3 is 10.2 Å². The molecule has 1 fully saturated rings. The van der Waals surface area contributed by atoms with Crippen LogP contribution in [0.15, 0.2) is 24.3 Å². The summed E-state index contributed by atoms with van der Waals surface area (Å²) >= 11 is 1.42. The molecule has 1 aliphatic carbocycles. The number of rotatable bonds is 3. The summed E-state index contributed by atoms with van der Waals surface area (Å²) < 4.78 is 13.3. The number of halogens is 1. The van der Waals surface area contributed by atoms with Gasteiger partial charge in [-0.3, -0.25) is 9.59 Å². The van der Waals surface area contributed by atoms with Gasteiger partial charge in [0.05, 0.1) is 12.2 Å². The maximum absolute atomic E-state index is 13.3. The Morgan fingerprint density at radius 2 is 2.16 bits per heavy atom. The van der Waals surface area contributed by atoms with Crippen molar-refractivity contribution in [2.75, 3.05) is 11.9 Å². The molecule has 0 atom stereocenters. The van der Waals surface area contributed by atoms with Gasteiger partial charge in [-0.05, 0) is 31.0 Å². The van der Waals surface area contributed by atoms with E-state index >= 15 is 0 Å². The van der Waals surface area contributed by atoms with E-state index in [1.165, 1.54) is 23.5 Å². The minimum atomic E-state index is -0.415. The number of benzene rings is 1. The molecule has 1 aliphatic heterocycles. The zero-order valence-electron chi connectivity index (χ0n) is 13.6. The molecule has 130 valence electrons. The number of thiazole rings is 1. The number of carbonyl (C=O) groups is 2. The smallest absolute Gasteiger partial charge is 0.254 e. The molecular formula is C18H18FN3O2S. The van der Waals surface area contributed by atoms with E-state index < -0.39 is 5.82 Å². The molecule has 7 heteroatoms. The summed E-state index contributed by atoms with van der Waals surface area (Å²) in [5.74, 6) is -0.432. The number of nitrogens with zero attached hydrogens (tertiary/aromatic N) is 2. The molecule has 1 aromatic carbocycles. The Kier molecular flexibility index (Phi) is 4.25. The van der Waals surface area contributed by atoms with Crippen molar-refractivity contribution in [2.24, 2.45) is 5.92 Å². The SMILES string of the molecule is O=C(Nc1nc2c(s1)CN(C(=O)c1cccc(F)c1)CC2)C1CCC1. The number of hydrogen-bond donors (Lipinski definition) is 1. The third kappa shape index (κ3) is 3.28. The number of fused-ring (bicyclic) bond motifs is 1. The van der Waals surface area contributed by atoms with Gasteiger partial charge >= 0.3 is 0 Å². The van der Waals surface area contributed by atoms with Crippen molar-refractivity contribution in [3.63, 3.8) is 0 Å². The molecule has 0 bridgehead atoms. The van der Waals surface area contributed by atoms with Crippen molar-refractivity contribution in [1.29, 1.82) is 0 Å². The van der Waals surface area contributed by atoms with E-state index in [0.29, 0.717) is 30.2 Å². The highest BCUT2D eigenvalue weighted by Gasteiger charge is 2.28. The first-order valence-electron chi connectivity index (χ1n) is 8.44. The molecule has 2 aliphatic rings. The lowest BCUT2D eigenvalue weighted by molar-refractivity contribution is -0.122. The predicted octanol–water partition coefficient (Wildman–Crippen LogP) is 3.22. The van der Waals surface area contributed by atoms with Crippen molar-refractivity contribution in [2.45, 2.75) is 32.2 Å². The van der Waals surface area contributed by atoms with Crippen LogP contribution in [-0.2, 0) is 17.8 Å². The molecule has 0 radical (unpaired) electrons. The van der Waals surface area contributed by atoms with Gasteiger partial charge in [0.1, 0.15) is 5.82 Å². The summed E-state index contributed by atoms with van der Waals surface area (Å²) in [6.07, 6.45) is 3.66. The number of amides is 2. The van der Waals surface area contributed by atoms with Gasteiger partial charge in [0.2, 0.25) is 5.91 Å². The van der Waals surface area contributed by atoms with E-state index in [0.717, 1.165) is 29.8 Å². The summed E-state index contributed by atoms with van der Waals surface area (Å²) in [7, 11) is 0. The lowest BCUT2D eigenvalue weighted by Crippen LogP contribution is -2.35. The molecule has 1 aromatic heterocycles. The zero-order chi connectivity index (χ0) is 17.4.